The van der Waals surface area contributed by atoms with Crippen molar-refractivity contribution in [3.63, 3.8) is 0 Å². The molecule has 0 aliphatic rings. The molecule has 3 rings (SSSR count). The van der Waals surface area contributed by atoms with Gasteiger partial charge < -0.3 is 9.84 Å². The van der Waals surface area contributed by atoms with Gasteiger partial charge in [-0.25, -0.2) is 0 Å². The van der Waals surface area contributed by atoms with Crippen LogP contribution in [0.2, 0.25) is 0 Å². The molecular weight excluding hydrogens is 372 g/mol. The minimum Gasteiger partial charge on any atom is -0.462 e. The van der Waals surface area contributed by atoms with Gasteiger partial charge in [-0.05, 0) is 42.4 Å². The molecule has 3 aromatic rings. The molecule has 0 aromatic heterocycles. The minimum atomic E-state index is -0.321. The van der Waals surface area contributed by atoms with Crippen LogP contribution in [0.15, 0.2) is 91.0 Å². The molecule has 0 amide bonds. The van der Waals surface area contributed by atoms with Gasteiger partial charge in [0, 0.05) is 18.9 Å². The van der Waals surface area contributed by atoms with Gasteiger partial charge in [-0.15, -0.1) is 0 Å². The van der Waals surface area contributed by atoms with E-state index in [9.17, 15) is 9.90 Å². The van der Waals surface area contributed by atoms with Crippen molar-refractivity contribution in [3.05, 3.63) is 108 Å². The van der Waals surface area contributed by atoms with Gasteiger partial charge in [0.1, 0.15) is 6.10 Å². The molecule has 2 unspecified atom stereocenters. The summed E-state index contributed by atoms with van der Waals surface area (Å²) in [6.07, 6.45) is 2.87. The highest BCUT2D eigenvalue weighted by Gasteiger charge is 2.25. The lowest BCUT2D eigenvalue weighted by Gasteiger charge is -2.26. The van der Waals surface area contributed by atoms with Crippen LogP contribution in [-0.4, -0.2) is 23.8 Å². The number of aliphatic hydroxyl groups excluding tert-OH is 1. The van der Waals surface area contributed by atoms with Crippen LogP contribution in [0.4, 0.5) is 0 Å². The van der Waals surface area contributed by atoms with Crippen molar-refractivity contribution in [1.29, 1.82) is 0 Å². The minimum absolute atomic E-state index is 0.0136. The Morgan fingerprint density at radius 3 is 1.77 bits per heavy atom. The van der Waals surface area contributed by atoms with E-state index < -0.39 is 0 Å². The SMILES string of the molecule is O=C(CCc1ccccc1)OC(CCc1ccccc1)C(CO)Cc1ccccc1. The van der Waals surface area contributed by atoms with Crippen LogP contribution in [0.25, 0.3) is 0 Å². The van der Waals surface area contributed by atoms with Crippen molar-refractivity contribution in [3.8, 4) is 0 Å². The monoisotopic (exact) mass is 402 g/mol. The summed E-state index contributed by atoms with van der Waals surface area (Å²) in [6.45, 7) is -0.0136. The standard InChI is InChI=1S/C27H30O3/c28-21-25(20-24-14-8-3-9-15-24)26(18-16-22-10-4-1-5-11-22)30-27(29)19-17-23-12-6-2-7-13-23/h1-15,25-26,28H,16-21H2. The van der Waals surface area contributed by atoms with E-state index in [1.807, 2.05) is 78.9 Å². The van der Waals surface area contributed by atoms with E-state index in [0.717, 1.165) is 17.5 Å². The summed E-state index contributed by atoms with van der Waals surface area (Å²) in [5.41, 5.74) is 3.47. The lowest BCUT2D eigenvalue weighted by molar-refractivity contribution is -0.153. The Morgan fingerprint density at radius 1 is 0.733 bits per heavy atom. The van der Waals surface area contributed by atoms with Gasteiger partial charge in [-0.2, -0.15) is 0 Å². The normalized spacial score (nSPS) is 12.8. The van der Waals surface area contributed by atoms with Gasteiger partial charge in [0.05, 0.1) is 0 Å². The highest BCUT2D eigenvalue weighted by Crippen LogP contribution is 2.21. The zero-order valence-electron chi connectivity index (χ0n) is 17.3. The molecule has 0 spiro atoms. The molecule has 0 aliphatic carbocycles. The molecule has 0 fully saturated rings. The van der Waals surface area contributed by atoms with Gasteiger partial charge in [-0.1, -0.05) is 91.0 Å². The zero-order valence-corrected chi connectivity index (χ0v) is 17.3. The second kappa shape index (κ2) is 11.9. The third-order valence-corrected chi connectivity index (χ3v) is 5.40. The fraction of sp³-hybridized carbons (Fsp3) is 0.296. The number of esters is 1. The Labute approximate surface area is 179 Å². The Bertz CT molecular complexity index is 862. The van der Waals surface area contributed by atoms with E-state index in [1.54, 1.807) is 0 Å². The predicted molar refractivity (Wildman–Crippen MR) is 120 cm³/mol. The van der Waals surface area contributed by atoms with Crippen LogP contribution in [0.3, 0.4) is 0 Å². The Morgan fingerprint density at radius 2 is 1.23 bits per heavy atom. The van der Waals surface area contributed by atoms with Gasteiger partial charge in [0.2, 0.25) is 0 Å². The first-order chi connectivity index (χ1) is 14.7. The highest BCUT2D eigenvalue weighted by atomic mass is 16.5. The summed E-state index contributed by atoms with van der Waals surface area (Å²) in [7, 11) is 0. The zero-order chi connectivity index (χ0) is 21.0. The van der Waals surface area contributed by atoms with Crippen molar-refractivity contribution >= 4 is 5.97 Å². The van der Waals surface area contributed by atoms with Crippen LogP contribution in [0, 0.1) is 5.92 Å². The van der Waals surface area contributed by atoms with Gasteiger partial charge in [-0.3, -0.25) is 4.79 Å². The summed E-state index contributed by atoms with van der Waals surface area (Å²) in [5.74, 6) is -0.333. The number of ether oxygens (including phenoxy) is 1. The topological polar surface area (TPSA) is 46.5 Å². The Hall–Kier alpha value is -2.91. The molecular formula is C27H30O3. The van der Waals surface area contributed by atoms with Crippen LogP contribution in [0.1, 0.15) is 29.5 Å². The summed E-state index contributed by atoms with van der Waals surface area (Å²) >= 11 is 0. The van der Waals surface area contributed by atoms with Crippen LogP contribution >= 0.6 is 0 Å². The molecule has 156 valence electrons. The molecule has 0 saturated carbocycles. The summed E-state index contributed by atoms with van der Waals surface area (Å²) in [5, 5.41) is 10.1. The van der Waals surface area contributed by atoms with Crippen molar-refractivity contribution in [2.45, 2.75) is 38.2 Å². The third-order valence-electron chi connectivity index (χ3n) is 5.40. The molecule has 0 radical (unpaired) electrons. The lowest BCUT2D eigenvalue weighted by Crippen LogP contribution is -2.32. The van der Waals surface area contributed by atoms with E-state index in [-0.39, 0.29) is 24.6 Å². The predicted octanol–water partition coefficient (Wildman–Crippen LogP) is 5.02. The van der Waals surface area contributed by atoms with Crippen molar-refractivity contribution in [2.24, 2.45) is 5.92 Å². The highest BCUT2D eigenvalue weighted by molar-refractivity contribution is 5.70. The fourth-order valence-corrected chi connectivity index (χ4v) is 3.69. The number of hydrogen-bond donors (Lipinski definition) is 1. The lowest BCUT2D eigenvalue weighted by atomic mass is 9.91. The van der Waals surface area contributed by atoms with Crippen LogP contribution in [-0.2, 0) is 28.8 Å². The third kappa shape index (κ3) is 7.16. The smallest absolute Gasteiger partial charge is 0.306 e. The second-order valence-electron chi connectivity index (χ2n) is 7.67. The number of carbonyl (C=O) groups is 1. The quantitative estimate of drug-likeness (QED) is 0.458. The number of carbonyl (C=O) groups excluding carboxylic acids is 1. The maximum Gasteiger partial charge on any atom is 0.306 e. The molecule has 2 atom stereocenters. The van der Waals surface area contributed by atoms with E-state index in [0.29, 0.717) is 25.7 Å². The van der Waals surface area contributed by atoms with Crippen LogP contribution < -0.4 is 0 Å². The first-order valence-corrected chi connectivity index (χ1v) is 10.7. The van der Waals surface area contributed by atoms with Gasteiger partial charge >= 0.3 is 5.97 Å². The molecule has 1 N–H and O–H groups in total. The van der Waals surface area contributed by atoms with Gasteiger partial charge in [0.25, 0.3) is 0 Å². The average molecular weight is 403 g/mol. The van der Waals surface area contributed by atoms with Crippen molar-refractivity contribution in [2.75, 3.05) is 6.61 Å². The van der Waals surface area contributed by atoms with Crippen molar-refractivity contribution < 1.29 is 14.6 Å². The first-order valence-electron chi connectivity index (χ1n) is 10.7. The number of benzene rings is 3. The van der Waals surface area contributed by atoms with Crippen LogP contribution in [0.5, 0.6) is 0 Å². The summed E-state index contributed by atoms with van der Waals surface area (Å²) < 4.78 is 5.92. The second-order valence-corrected chi connectivity index (χ2v) is 7.67. The maximum atomic E-state index is 12.6. The number of aliphatic hydroxyl groups is 1. The molecule has 0 saturated heterocycles. The molecule has 3 nitrogen and oxygen atoms in total. The number of hydrogen-bond acceptors (Lipinski definition) is 3. The van der Waals surface area contributed by atoms with E-state index in [2.05, 4.69) is 12.1 Å². The molecule has 3 aromatic carbocycles. The summed E-state index contributed by atoms with van der Waals surface area (Å²) in [4.78, 5) is 12.6. The van der Waals surface area contributed by atoms with Crippen molar-refractivity contribution in [1.82, 2.24) is 0 Å². The maximum absolute atomic E-state index is 12.6. The van der Waals surface area contributed by atoms with E-state index >= 15 is 0 Å². The van der Waals surface area contributed by atoms with E-state index in [4.69, 9.17) is 4.74 Å². The molecule has 0 bridgehead atoms. The Kier molecular flexibility index (Phi) is 8.67. The van der Waals surface area contributed by atoms with Gasteiger partial charge in [0.15, 0.2) is 0 Å². The number of aryl methyl sites for hydroxylation is 2. The first kappa shape index (κ1) is 21.8. The average Bonchev–Trinajstić information content (AvgIpc) is 2.81. The Balaban J connectivity index is 1.64. The number of rotatable bonds is 11. The molecule has 0 heterocycles. The largest absolute Gasteiger partial charge is 0.462 e. The fourth-order valence-electron chi connectivity index (χ4n) is 3.69. The summed E-state index contributed by atoms with van der Waals surface area (Å²) in [6, 6.07) is 30.2. The molecule has 3 heteroatoms. The molecule has 30 heavy (non-hydrogen) atoms. The van der Waals surface area contributed by atoms with E-state index in [1.165, 1.54) is 5.56 Å². The molecule has 0 aliphatic heterocycles.